The van der Waals surface area contributed by atoms with Crippen LogP contribution in [0.2, 0.25) is 0 Å². The zero-order chi connectivity index (χ0) is 17.2. The standard InChI is InChI=1S/C17H22N2O4/c1-5-23-13-7-6-8-19-15(11(2)18-16(13)19)12(20)9-17(3,4)10-14(21)22/h6-8H,5,9-10H2,1-4H3,(H,21,22). The molecule has 0 saturated heterocycles. The lowest BCUT2D eigenvalue weighted by molar-refractivity contribution is -0.139. The van der Waals surface area contributed by atoms with Crippen LogP contribution in [0.25, 0.3) is 5.65 Å². The van der Waals surface area contributed by atoms with Crippen LogP contribution in [-0.2, 0) is 4.79 Å². The molecule has 0 aliphatic carbocycles. The van der Waals surface area contributed by atoms with Crippen molar-refractivity contribution in [3.05, 3.63) is 29.7 Å². The number of carboxylic acid groups (broad SMARTS) is 1. The molecule has 2 heterocycles. The van der Waals surface area contributed by atoms with Crippen LogP contribution in [0.4, 0.5) is 0 Å². The van der Waals surface area contributed by atoms with E-state index in [1.54, 1.807) is 37.4 Å². The van der Waals surface area contributed by atoms with Crippen molar-refractivity contribution in [3.63, 3.8) is 0 Å². The number of carbonyl (C=O) groups is 2. The number of hydrogen-bond acceptors (Lipinski definition) is 4. The van der Waals surface area contributed by atoms with Gasteiger partial charge in [-0.05, 0) is 31.4 Å². The molecule has 2 aromatic rings. The summed E-state index contributed by atoms with van der Waals surface area (Å²) in [5.41, 5.74) is 1.09. The molecule has 0 unspecified atom stereocenters. The number of fused-ring (bicyclic) bond motifs is 1. The molecule has 0 aliphatic heterocycles. The molecule has 23 heavy (non-hydrogen) atoms. The van der Waals surface area contributed by atoms with Gasteiger partial charge in [-0.25, -0.2) is 4.98 Å². The Kier molecular flexibility index (Phi) is 4.73. The molecule has 0 amide bonds. The van der Waals surface area contributed by atoms with E-state index in [2.05, 4.69) is 4.98 Å². The number of carboxylic acids is 1. The third-order valence-electron chi connectivity index (χ3n) is 3.62. The first-order chi connectivity index (χ1) is 10.7. The molecular weight excluding hydrogens is 296 g/mol. The van der Waals surface area contributed by atoms with Crippen LogP contribution in [0.3, 0.4) is 0 Å². The van der Waals surface area contributed by atoms with E-state index in [-0.39, 0.29) is 18.6 Å². The largest absolute Gasteiger partial charge is 0.490 e. The number of ether oxygens (including phenoxy) is 1. The molecule has 0 aliphatic rings. The Morgan fingerprint density at radius 2 is 2.04 bits per heavy atom. The van der Waals surface area contributed by atoms with Gasteiger partial charge in [-0.2, -0.15) is 0 Å². The predicted octanol–water partition coefficient (Wildman–Crippen LogP) is 3.12. The Hall–Kier alpha value is -2.37. The Bertz CT molecular complexity index is 746. The summed E-state index contributed by atoms with van der Waals surface area (Å²) in [6, 6.07) is 3.62. The van der Waals surface area contributed by atoms with Crippen LogP contribution in [0.5, 0.6) is 5.75 Å². The van der Waals surface area contributed by atoms with E-state index in [9.17, 15) is 9.59 Å². The van der Waals surface area contributed by atoms with Crippen LogP contribution < -0.4 is 4.74 Å². The van der Waals surface area contributed by atoms with E-state index in [1.165, 1.54) is 0 Å². The van der Waals surface area contributed by atoms with Gasteiger partial charge < -0.3 is 9.84 Å². The van der Waals surface area contributed by atoms with E-state index in [1.807, 2.05) is 13.0 Å². The quantitative estimate of drug-likeness (QED) is 0.793. The number of Topliss-reactive ketones (excluding diaryl/α,β-unsaturated/α-hetero) is 1. The van der Waals surface area contributed by atoms with E-state index < -0.39 is 11.4 Å². The minimum Gasteiger partial charge on any atom is -0.490 e. The number of imidazole rings is 1. The van der Waals surface area contributed by atoms with Crippen molar-refractivity contribution in [2.24, 2.45) is 5.41 Å². The Labute approximate surface area is 135 Å². The lowest BCUT2D eigenvalue weighted by Gasteiger charge is -2.21. The van der Waals surface area contributed by atoms with Crippen LogP contribution >= 0.6 is 0 Å². The molecule has 2 rings (SSSR count). The minimum absolute atomic E-state index is 0.0568. The smallest absolute Gasteiger partial charge is 0.303 e. The van der Waals surface area contributed by atoms with Gasteiger partial charge in [0.05, 0.1) is 18.7 Å². The van der Waals surface area contributed by atoms with Crippen LogP contribution in [0, 0.1) is 12.3 Å². The molecule has 0 fully saturated rings. The van der Waals surface area contributed by atoms with Gasteiger partial charge in [0, 0.05) is 12.6 Å². The van der Waals surface area contributed by atoms with Crippen molar-refractivity contribution in [3.8, 4) is 5.75 Å². The van der Waals surface area contributed by atoms with Gasteiger partial charge in [-0.15, -0.1) is 0 Å². The first kappa shape index (κ1) is 17.0. The van der Waals surface area contributed by atoms with Crippen molar-refractivity contribution in [1.82, 2.24) is 9.38 Å². The summed E-state index contributed by atoms with van der Waals surface area (Å²) in [4.78, 5) is 28.1. The fourth-order valence-corrected chi connectivity index (χ4v) is 2.75. The lowest BCUT2D eigenvalue weighted by atomic mass is 9.83. The van der Waals surface area contributed by atoms with Crippen molar-refractivity contribution in [1.29, 1.82) is 0 Å². The maximum absolute atomic E-state index is 12.7. The van der Waals surface area contributed by atoms with Crippen LogP contribution in [0.1, 0.15) is 49.8 Å². The SMILES string of the molecule is CCOc1cccn2c(C(=O)CC(C)(C)CC(=O)O)c(C)nc12. The molecule has 0 aromatic carbocycles. The first-order valence-corrected chi connectivity index (χ1v) is 7.60. The summed E-state index contributed by atoms with van der Waals surface area (Å²) in [7, 11) is 0. The summed E-state index contributed by atoms with van der Waals surface area (Å²) in [5, 5.41) is 8.97. The summed E-state index contributed by atoms with van der Waals surface area (Å²) in [6.45, 7) is 7.74. The van der Waals surface area contributed by atoms with E-state index in [0.717, 1.165) is 0 Å². The van der Waals surface area contributed by atoms with Gasteiger partial charge in [0.2, 0.25) is 0 Å². The first-order valence-electron chi connectivity index (χ1n) is 7.60. The van der Waals surface area contributed by atoms with Crippen molar-refractivity contribution in [2.75, 3.05) is 6.61 Å². The summed E-state index contributed by atoms with van der Waals surface area (Å²) in [5.74, 6) is -0.395. The van der Waals surface area contributed by atoms with Crippen molar-refractivity contribution >= 4 is 17.4 Å². The fourth-order valence-electron chi connectivity index (χ4n) is 2.75. The summed E-state index contributed by atoms with van der Waals surface area (Å²) < 4.78 is 7.27. The molecule has 6 nitrogen and oxygen atoms in total. The summed E-state index contributed by atoms with van der Waals surface area (Å²) >= 11 is 0. The molecule has 0 saturated carbocycles. The van der Waals surface area contributed by atoms with Gasteiger partial charge in [-0.1, -0.05) is 13.8 Å². The van der Waals surface area contributed by atoms with Gasteiger partial charge in [-0.3, -0.25) is 14.0 Å². The number of aryl methyl sites for hydroxylation is 1. The number of carbonyl (C=O) groups excluding carboxylic acids is 1. The highest BCUT2D eigenvalue weighted by molar-refractivity contribution is 5.97. The topological polar surface area (TPSA) is 80.9 Å². The third kappa shape index (κ3) is 3.70. The number of nitrogens with zero attached hydrogens (tertiary/aromatic N) is 2. The lowest BCUT2D eigenvalue weighted by Crippen LogP contribution is -2.22. The second-order valence-corrected chi connectivity index (χ2v) is 6.38. The second kappa shape index (κ2) is 6.40. The predicted molar refractivity (Wildman–Crippen MR) is 86.1 cm³/mol. The zero-order valence-corrected chi connectivity index (χ0v) is 13.9. The number of aromatic nitrogens is 2. The molecule has 124 valence electrons. The van der Waals surface area contributed by atoms with Crippen LogP contribution in [0.15, 0.2) is 18.3 Å². The van der Waals surface area contributed by atoms with E-state index in [4.69, 9.17) is 9.84 Å². The maximum Gasteiger partial charge on any atom is 0.303 e. The Balaban J connectivity index is 2.39. The van der Waals surface area contributed by atoms with Gasteiger partial charge >= 0.3 is 5.97 Å². The third-order valence-corrected chi connectivity index (χ3v) is 3.62. The number of ketones is 1. The highest BCUT2D eigenvalue weighted by atomic mass is 16.5. The average molecular weight is 318 g/mol. The molecule has 0 atom stereocenters. The van der Waals surface area contributed by atoms with E-state index >= 15 is 0 Å². The van der Waals surface area contributed by atoms with Gasteiger partial charge in [0.15, 0.2) is 17.2 Å². The van der Waals surface area contributed by atoms with Gasteiger partial charge in [0.25, 0.3) is 0 Å². The minimum atomic E-state index is -0.906. The van der Waals surface area contributed by atoms with E-state index in [0.29, 0.717) is 29.4 Å². The molecule has 1 N–H and O–H groups in total. The van der Waals surface area contributed by atoms with Crippen LogP contribution in [-0.4, -0.2) is 32.9 Å². The number of rotatable bonds is 7. The molecular formula is C17H22N2O4. The highest BCUT2D eigenvalue weighted by Crippen LogP contribution is 2.29. The second-order valence-electron chi connectivity index (χ2n) is 6.38. The number of pyridine rings is 1. The number of aliphatic carboxylic acids is 1. The molecule has 0 spiro atoms. The Morgan fingerprint density at radius 3 is 2.65 bits per heavy atom. The normalized spacial score (nSPS) is 11.7. The molecule has 0 radical (unpaired) electrons. The average Bonchev–Trinajstić information content (AvgIpc) is 2.74. The van der Waals surface area contributed by atoms with Crippen molar-refractivity contribution in [2.45, 2.75) is 40.5 Å². The Morgan fingerprint density at radius 1 is 1.35 bits per heavy atom. The molecule has 2 aromatic heterocycles. The monoisotopic (exact) mass is 318 g/mol. The van der Waals surface area contributed by atoms with Crippen molar-refractivity contribution < 1.29 is 19.4 Å². The maximum atomic E-state index is 12.7. The molecule has 0 bridgehead atoms. The highest BCUT2D eigenvalue weighted by Gasteiger charge is 2.28. The molecule has 6 heteroatoms. The number of hydrogen-bond donors (Lipinski definition) is 1. The summed E-state index contributed by atoms with van der Waals surface area (Å²) in [6.07, 6.45) is 1.86. The van der Waals surface area contributed by atoms with Gasteiger partial charge in [0.1, 0.15) is 5.69 Å². The zero-order valence-electron chi connectivity index (χ0n) is 13.9. The fraction of sp³-hybridized carbons (Fsp3) is 0.471.